The zero-order valence-electron chi connectivity index (χ0n) is 13.2. The van der Waals surface area contributed by atoms with Gasteiger partial charge >= 0.3 is 0 Å². The first-order valence-electron chi connectivity index (χ1n) is 7.21. The maximum absolute atomic E-state index is 9.58. The topological polar surface area (TPSA) is 48.1 Å². The molecule has 0 aliphatic carbocycles. The second kappa shape index (κ2) is 5.55. The van der Waals surface area contributed by atoms with Gasteiger partial charge in [0, 0.05) is 38.8 Å². The van der Waals surface area contributed by atoms with Crippen molar-refractivity contribution in [3.63, 3.8) is 0 Å². The Morgan fingerprint density at radius 1 is 1.25 bits per heavy atom. The van der Waals surface area contributed by atoms with Crippen molar-refractivity contribution in [2.75, 3.05) is 26.2 Å². The van der Waals surface area contributed by atoms with E-state index in [0.29, 0.717) is 0 Å². The first-order chi connectivity index (χ1) is 9.34. The predicted molar refractivity (Wildman–Crippen MR) is 79.2 cm³/mol. The van der Waals surface area contributed by atoms with E-state index in [-0.39, 0.29) is 11.6 Å². The number of aromatic nitrogens is 2. The Bertz CT molecular complexity index is 478. The van der Waals surface area contributed by atoms with E-state index in [1.165, 1.54) is 0 Å². The molecule has 0 bridgehead atoms. The van der Waals surface area contributed by atoms with Gasteiger partial charge in [0.05, 0.1) is 23.8 Å². The van der Waals surface area contributed by atoms with Crippen molar-refractivity contribution in [3.8, 4) is 6.07 Å². The SMILES string of the molecule is Cc1ncn(C)c1C(C#N)N1CCN(C(C)(C)C)CC1. The average molecular weight is 275 g/mol. The number of imidazole rings is 1. The van der Waals surface area contributed by atoms with E-state index in [4.69, 9.17) is 0 Å². The van der Waals surface area contributed by atoms with E-state index in [2.05, 4.69) is 41.6 Å². The lowest BCUT2D eigenvalue weighted by Crippen LogP contribution is -2.54. The van der Waals surface area contributed by atoms with Crippen LogP contribution in [0, 0.1) is 18.3 Å². The summed E-state index contributed by atoms with van der Waals surface area (Å²) >= 11 is 0. The second-order valence-corrected chi connectivity index (χ2v) is 6.55. The molecule has 0 saturated carbocycles. The predicted octanol–water partition coefficient (Wildman–Crippen LogP) is 1.71. The van der Waals surface area contributed by atoms with Gasteiger partial charge in [-0.2, -0.15) is 5.26 Å². The summed E-state index contributed by atoms with van der Waals surface area (Å²) in [7, 11) is 1.96. The number of hydrogen-bond acceptors (Lipinski definition) is 4. The van der Waals surface area contributed by atoms with Crippen molar-refractivity contribution in [3.05, 3.63) is 17.7 Å². The minimum atomic E-state index is -0.190. The summed E-state index contributed by atoms with van der Waals surface area (Å²) in [5.74, 6) is 0. The normalized spacial score (nSPS) is 19.8. The number of aryl methyl sites for hydroxylation is 2. The van der Waals surface area contributed by atoms with Gasteiger partial charge in [-0.15, -0.1) is 0 Å². The number of nitrogens with zero attached hydrogens (tertiary/aromatic N) is 5. The molecule has 1 unspecified atom stereocenters. The van der Waals surface area contributed by atoms with Crippen LogP contribution in [0.3, 0.4) is 0 Å². The fraction of sp³-hybridized carbons (Fsp3) is 0.733. The van der Waals surface area contributed by atoms with Crippen molar-refractivity contribution in [2.45, 2.75) is 39.3 Å². The van der Waals surface area contributed by atoms with Crippen molar-refractivity contribution in [1.29, 1.82) is 5.26 Å². The highest BCUT2D eigenvalue weighted by atomic mass is 15.3. The summed E-state index contributed by atoms with van der Waals surface area (Å²) in [6, 6.07) is 2.27. The van der Waals surface area contributed by atoms with Crippen molar-refractivity contribution < 1.29 is 0 Å². The molecular weight excluding hydrogens is 250 g/mol. The maximum atomic E-state index is 9.58. The molecule has 5 heteroatoms. The maximum Gasteiger partial charge on any atom is 0.140 e. The first kappa shape index (κ1) is 15.0. The van der Waals surface area contributed by atoms with Crippen LogP contribution in [0.2, 0.25) is 0 Å². The Morgan fingerprint density at radius 3 is 2.25 bits per heavy atom. The van der Waals surface area contributed by atoms with Gasteiger partial charge in [-0.25, -0.2) is 4.98 Å². The summed E-state index contributed by atoms with van der Waals surface area (Å²) in [6.45, 7) is 12.6. The van der Waals surface area contributed by atoms with Gasteiger partial charge in [0.2, 0.25) is 0 Å². The third kappa shape index (κ3) is 2.87. The van der Waals surface area contributed by atoms with Gasteiger partial charge in [0.1, 0.15) is 6.04 Å². The van der Waals surface area contributed by atoms with Crippen LogP contribution in [0.25, 0.3) is 0 Å². The molecule has 20 heavy (non-hydrogen) atoms. The lowest BCUT2D eigenvalue weighted by molar-refractivity contribution is 0.0507. The fourth-order valence-corrected chi connectivity index (χ4v) is 2.91. The van der Waals surface area contributed by atoms with Crippen LogP contribution in [0.15, 0.2) is 6.33 Å². The van der Waals surface area contributed by atoms with Crippen LogP contribution < -0.4 is 0 Å². The lowest BCUT2D eigenvalue weighted by Gasteiger charge is -2.43. The Kier molecular flexibility index (Phi) is 4.17. The minimum Gasteiger partial charge on any atom is -0.335 e. The Balaban J connectivity index is 2.11. The molecule has 1 aliphatic heterocycles. The molecule has 1 atom stereocenters. The van der Waals surface area contributed by atoms with E-state index in [1.807, 2.05) is 18.5 Å². The third-order valence-corrected chi connectivity index (χ3v) is 4.18. The monoisotopic (exact) mass is 275 g/mol. The molecule has 0 N–H and O–H groups in total. The quantitative estimate of drug-likeness (QED) is 0.824. The third-order valence-electron chi connectivity index (χ3n) is 4.18. The van der Waals surface area contributed by atoms with Crippen LogP contribution in [0.1, 0.15) is 38.2 Å². The van der Waals surface area contributed by atoms with Crippen molar-refractivity contribution >= 4 is 0 Å². The Labute approximate surface area is 121 Å². The molecule has 0 amide bonds. The molecule has 1 aromatic rings. The van der Waals surface area contributed by atoms with Gasteiger partial charge in [0.15, 0.2) is 0 Å². The zero-order chi connectivity index (χ0) is 14.9. The van der Waals surface area contributed by atoms with Gasteiger partial charge < -0.3 is 4.57 Å². The molecule has 1 aliphatic rings. The molecule has 0 aromatic carbocycles. The standard InChI is InChI=1S/C15H25N5/c1-12-14(18(5)11-17-12)13(10-16)19-6-8-20(9-7-19)15(2,3)4/h11,13H,6-9H2,1-5H3. The number of piperazine rings is 1. The van der Waals surface area contributed by atoms with Gasteiger partial charge in [-0.05, 0) is 27.7 Å². The second-order valence-electron chi connectivity index (χ2n) is 6.55. The summed E-state index contributed by atoms with van der Waals surface area (Å²) in [4.78, 5) is 9.06. The Hall–Kier alpha value is -1.38. The first-order valence-corrected chi connectivity index (χ1v) is 7.21. The molecule has 1 aromatic heterocycles. The summed E-state index contributed by atoms with van der Waals surface area (Å²) in [5, 5.41) is 9.58. The molecule has 110 valence electrons. The highest BCUT2D eigenvalue weighted by Gasteiger charge is 2.31. The van der Waals surface area contributed by atoms with E-state index in [9.17, 15) is 5.26 Å². The van der Waals surface area contributed by atoms with E-state index in [1.54, 1.807) is 6.33 Å². The van der Waals surface area contributed by atoms with Crippen LogP contribution in [0.5, 0.6) is 0 Å². The largest absolute Gasteiger partial charge is 0.335 e. The van der Waals surface area contributed by atoms with Crippen molar-refractivity contribution in [2.24, 2.45) is 7.05 Å². The summed E-state index contributed by atoms with van der Waals surface area (Å²) < 4.78 is 1.97. The van der Waals surface area contributed by atoms with E-state index < -0.39 is 0 Å². The van der Waals surface area contributed by atoms with Crippen LogP contribution in [-0.2, 0) is 7.05 Å². The molecule has 0 spiro atoms. The number of nitriles is 1. The molecule has 1 fully saturated rings. The minimum absolute atomic E-state index is 0.190. The summed E-state index contributed by atoms with van der Waals surface area (Å²) in [6.07, 6.45) is 1.79. The highest BCUT2D eigenvalue weighted by molar-refractivity contribution is 5.22. The van der Waals surface area contributed by atoms with E-state index in [0.717, 1.165) is 37.6 Å². The molecular formula is C15H25N5. The smallest absolute Gasteiger partial charge is 0.140 e. The molecule has 5 nitrogen and oxygen atoms in total. The lowest BCUT2D eigenvalue weighted by atomic mass is 10.0. The van der Waals surface area contributed by atoms with Gasteiger partial charge in [-0.1, -0.05) is 0 Å². The molecule has 1 saturated heterocycles. The number of rotatable bonds is 2. The van der Waals surface area contributed by atoms with Gasteiger partial charge in [0.25, 0.3) is 0 Å². The van der Waals surface area contributed by atoms with Crippen LogP contribution >= 0.6 is 0 Å². The fourth-order valence-electron chi connectivity index (χ4n) is 2.91. The summed E-state index contributed by atoms with van der Waals surface area (Å²) in [5.41, 5.74) is 2.19. The van der Waals surface area contributed by atoms with Gasteiger partial charge in [-0.3, -0.25) is 9.80 Å². The molecule has 0 radical (unpaired) electrons. The van der Waals surface area contributed by atoms with E-state index >= 15 is 0 Å². The average Bonchev–Trinajstić information content (AvgIpc) is 2.71. The Morgan fingerprint density at radius 2 is 1.85 bits per heavy atom. The molecule has 2 rings (SSSR count). The molecule has 2 heterocycles. The van der Waals surface area contributed by atoms with Crippen LogP contribution in [-0.4, -0.2) is 51.1 Å². The van der Waals surface area contributed by atoms with Crippen molar-refractivity contribution in [1.82, 2.24) is 19.4 Å². The number of hydrogen-bond donors (Lipinski definition) is 0. The highest BCUT2D eigenvalue weighted by Crippen LogP contribution is 2.25. The zero-order valence-corrected chi connectivity index (χ0v) is 13.2. The van der Waals surface area contributed by atoms with Crippen LogP contribution in [0.4, 0.5) is 0 Å².